The summed E-state index contributed by atoms with van der Waals surface area (Å²) in [6.45, 7) is 1.97. The van der Waals surface area contributed by atoms with E-state index in [-0.39, 0.29) is 0 Å². The number of aliphatic hydroxyl groups is 1. The van der Waals surface area contributed by atoms with Gasteiger partial charge in [-0.25, -0.2) is 0 Å². The number of thioether (sulfide) groups is 1. The fraction of sp³-hybridized carbons (Fsp3) is 0.333. The zero-order valence-electron chi connectivity index (χ0n) is 10.6. The van der Waals surface area contributed by atoms with Crippen LogP contribution in [0.15, 0.2) is 24.3 Å². The largest absolute Gasteiger partial charge is 0.383 e. The van der Waals surface area contributed by atoms with Crippen molar-refractivity contribution in [3.05, 3.63) is 55.7 Å². The molecule has 0 radical (unpaired) electrons. The van der Waals surface area contributed by atoms with Gasteiger partial charge in [0.1, 0.15) is 6.10 Å². The van der Waals surface area contributed by atoms with E-state index in [9.17, 15) is 5.11 Å². The van der Waals surface area contributed by atoms with Crippen LogP contribution < -0.4 is 0 Å². The summed E-state index contributed by atoms with van der Waals surface area (Å²) in [5, 5.41) is 11.2. The number of benzene rings is 1. The quantitative estimate of drug-likeness (QED) is 0.876. The lowest BCUT2D eigenvalue weighted by Crippen LogP contribution is -1.97. The molecule has 3 rings (SSSR count). The second kappa shape index (κ2) is 5.49. The lowest BCUT2D eigenvalue weighted by atomic mass is 10.1. The molecule has 2 aromatic rings. The van der Waals surface area contributed by atoms with Gasteiger partial charge in [-0.2, -0.15) is 11.8 Å². The Bertz CT molecular complexity index is 583. The summed E-state index contributed by atoms with van der Waals surface area (Å²) < 4.78 is 0. The molecule has 1 aliphatic heterocycles. The van der Waals surface area contributed by atoms with E-state index in [0.29, 0.717) is 5.02 Å². The molecule has 0 saturated carbocycles. The molecule has 0 aliphatic carbocycles. The third-order valence-corrected chi connectivity index (χ3v) is 6.13. The molecule has 1 unspecified atom stereocenters. The van der Waals surface area contributed by atoms with Gasteiger partial charge < -0.3 is 5.11 Å². The minimum atomic E-state index is -0.557. The highest BCUT2D eigenvalue weighted by atomic mass is 35.5. The molecule has 1 nitrogen and oxygen atoms in total. The first-order chi connectivity index (χ1) is 9.15. The smallest absolute Gasteiger partial charge is 0.113 e. The maximum absolute atomic E-state index is 10.5. The van der Waals surface area contributed by atoms with E-state index in [2.05, 4.69) is 6.07 Å². The predicted octanol–water partition coefficient (Wildman–Crippen LogP) is 4.58. The average molecular weight is 311 g/mol. The Kier molecular flexibility index (Phi) is 3.90. The Morgan fingerprint density at radius 1 is 1.32 bits per heavy atom. The van der Waals surface area contributed by atoms with Crippen molar-refractivity contribution >= 4 is 34.7 Å². The van der Waals surface area contributed by atoms with Gasteiger partial charge in [0.15, 0.2) is 0 Å². The summed E-state index contributed by atoms with van der Waals surface area (Å²) in [4.78, 5) is 2.47. The molecule has 100 valence electrons. The lowest BCUT2D eigenvalue weighted by Gasteiger charge is -2.10. The second-order valence-corrected chi connectivity index (χ2v) is 7.49. The highest BCUT2D eigenvalue weighted by Crippen LogP contribution is 2.37. The van der Waals surface area contributed by atoms with Gasteiger partial charge >= 0.3 is 0 Å². The summed E-state index contributed by atoms with van der Waals surface area (Å²) in [5.41, 5.74) is 3.31. The molecule has 0 saturated heterocycles. The zero-order valence-corrected chi connectivity index (χ0v) is 13.0. The number of thiophene rings is 1. The van der Waals surface area contributed by atoms with Crippen LogP contribution in [0.4, 0.5) is 0 Å². The minimum absolute atomic E-state index is 0.557. The molecular formula is C15H15ClOS2. The Morgan fingerprint density at radius 2 is 2.16 bits per heavy atom. The van der Waals surface area contributed by atoms with Gasteiger partial charge in [0.25, 0.3) is 0 Å². The second-order valence-electron chi connectivity index (χ2n) is 4.81. The monoisotopic (exact) mass is 310 g/mol. The average Bonchev–Trinajstić information content (AvgIpc) is 2.85. The van der Waals surface area contributed by atoms with Crippen molar-refractivity contribution in [1.29, 1.82) is 0 Å². The topological polar surface area (TPSA) is 20.2 Å². The third-order valence-electron chi connectivity index (χ3n) is 3.43. The molecule has 0 bridgehead atoms. The number of aryl methyl sites for hydroxylation is 2. The molecule has 1 aliphatic rings. The Balaban J connectivity index is 1.92. The summed E-state index contributed by atoms with van der Waals surface area (Å²) in [6.07, 6.45) is 0.574. The van der Waals surface area contributed by atoms with Gasteiger partial charge in [-0.1, -0.05) is 23.7 Å². The number of aliphatic hydroxyl groups excluding tert-OH is 1. The van der Waals surface area contributed by atoms with Crippen molar-refractivity contribution in [2.75, 3.05) is 5.75 Å². The number of hydrogen-bond donors (Lipinski definition) is 1. The standard InChI is InChI=1S/C15H15ClOS2/c1-9-2-3-10(6-12(9)16)15(17)14-7-11-8-18-5-4-13(11)19-14/h2-3,6-7,15,17H,4-5,8H2,1H3. The third kappa shape index (κ3) is 2.70. The lowest BCUT2D eigenvalue weighted by molar-refractivity contribution is 0.224. The van der Waals surface area contributed by atoms with Crippen LogP contribution in [0.1, 0.15) is 32.5 Å². The molecule has 19 heavy (non-hydrogen) atoms. The summed E-state index contributed by atoms with van der Waals surface area (Å²) >= 11 is 9.84. The van der Waals surface area contributed by atoms with Crippen LogP contribution in [0.25, 0.3) is 0 Å². The van der Waals surface area contributed by atoms with Crippen molar-refractivity contribution in [3.63, 3.8) is 0 Å². The van der Waals surface area contributed by atoms with Crippen LogP contribution in [0.5, 0.6) is 0 Å². The molecule has 1 N–H and O–H groups in total. The van der Waals surface area contributed by atoms with Gasteiger partial charge in [0.05, 0.1) is 0 Å². The fourth-order valence-corrected chi connectivity index (χ4v) is 4.83. The Morgan fingerprint density at radius 3 is 2.89 bits per heavy atom. The van der Waals surface area contributed by atoms with Gasteiger partial charge in [-0.3, -0.25) is 0 Å². The van der Waals surface area contributed by atoms with Gasteiger partial charge in [-0.15, -0.1) is 11.3 Å². The van der Waals surface area contributed by atoms with E-state index in [0.717, 1.165) is 28.2 Å². The molecule has 0 fully saturated rings. The first kappa shape index (κ1) is 13.5. The van der Waals surface area contributed by atoms with Gasteiger partial charge in [0, 0.05) is 20.5 Å². The van der Waals surface area contributed by atoms with E-state index < -0.39 is 6.10 Å². The van der Waals surface area contributed by atoms with Crippen LogP contribution in [-0.2, 0) is 12.2 Å². The van der Waals surface area contributed by atoms with Crippen LogP contribution in [0.3, 0.4) is 0 Å². The number of hydrogen-bond acceptors (Lipinski definition) is 3. The van der Waals surface area contributed by atoms with Crippen LogP contribution in [-0.4, -0.2) is 10.9 Å². The van der Waals surface area contributed by atoms with Crippen molar-refractivity contribution in [2.45, 2.75) is 25.2 Å². The SMILES string of the molecule is Cc1ccc(C(O)c2cc3c(s2)CCSC3)cc1Cl. The van der Waals surface area contributed by atoms with E-state index in [1.165, 1.54) is 16.2 Å². The van der Waals surface area contributed by atoms with Crippen molar-refractivity contribution in [2.24, 2.45) is 0 Å². The fourth-order valence-electron chi connectivity index (χ4n) is 2.25. The summed E-state index contributed by atoms with van der Waals surface area (Å²) in [6, 6.07) is 7.95. The highest BCUT2D eigenvalue weighted by molar-refractivity contribution is 7.98. The summed E-state index contributed by atoms with van der Waals surface area (Å²) in [7, 11) is 0. The Hall–Kier alpha value is -0.480. The first-order valence-electron chi connectivity index (χ1n) is 6.28. The van der Waals surface area contributed by atoms with Crippen LogP contribution in [0.2, 0.25) is 5.02 Å². The normalized spacial score (nSPS) is 16.2. The van der Waals surface area contributed by atoms with Gasteiger partial charge in [-0.05, 0) is 47.9 Å². The van der Waals surface area contributed by atoms with E-state index >= 15 is 0 Å². The molecular weight excluding hydrogens is 296 g/mol. The maximum Gasteiger partial charge on any atom is 0.113 e. The Labute approximate surface area is 126 Å². The first-order valence-corrected chi connectivity index (χ1v) is 8.63. The van der Waals surface area contributed by atoms with Crippen molar-refractivity contribution in [3.8, 4) is 0 Å². The molecule has 2 heterocycles. The minimum Gasteiger partial charge on any atom is -0.383 e. The molecule has 1 aromatic heterocycles. The van der Waals surface area contributed by atoms with Crippen molar-refractivity contribution in [1.82, 2.24) is 0 Å². The molecule has 1 aromatic carbocycles. The van der Waals surface area contributed by atoms with E-state index in [1.54, 1.807) is 11.3 Å². The highest BCUT2D eigenvalue weighted by Gasteiger charge is 2.19. The predicted molar refractivity (Wildman–Crippen MR) is 84.4 cm³/mol. The maximum atomic E-state index is 10.5. The summed E-state index contributed by atoms with van der Waals surface area (Å²) in [5.74, 6) is 2.27. The number of fused-ring (bicyclic) bond motifs is 1. The van der Waals surface area contributed by atoms with E-state index in [1.807, 2.05) is 36.9 Å². The molecule has 0 spiro atoms. The molecule has 1 atom stereocenters. The zero-order chi connectivity index (χ0) is 13.4. The van der Waals surface area contributed by atoms with E-state index in [4.69, 9.17) is 11.6 Å². The van der Waals surface area contributed by atoms with Crippen LogP contribution >= 0.6 is 34.7 Å². The molecule has 4 heteroatoms. The number of halogens is 1. The number of rotatable bonds is 2. The van der Waals surface area contributed by atoms with Gasteiger partial charge in [0.2, 0.25) is 0 Å². The molecule has 0 amide bonds. The van der Waals surface area contributed by atoms with Crippen LogP contribution in [0, 0.1) is 6.92 Å². The van der Waals surface area contributed by atoms with Crippen molar-refractivity contribution < 1.29 is 5.11 Å².